The van der Waals surface area contributed by atoms with Gasteiger partial charge in [-0.25, -0.2) is 8.42 Å². The summed E-state index contributed by atoms with van der Waals surface area (Å²) in [4.78, 5) is 0. The van der Waals surface area contributed by atoms with Crippen LogP contribution in [0.4, 0.5) is 0 Å². The topological polar surface area (TPSA) is 46.2 Å². The number of rotatable bonds is 8. The SMILES string of the molecule is CNC(CSCCS(C)(=O)=O)c1ccc(C(C)C)cc1. The van der Waals surface area contributed by atoms with Gasteiger partial charge in [0.1, 0.15) is 9.84 Å². The van der Waals surface area contributed by atoms with Gasteiger partial charge in [0.25, 0.3) is 0 Å². The number of sulfone groups is 1. The molecule has 1 aromatic rings. The molecule has 0 fully saturated rings. The molecule has 1 rings (SSSR count). The van der Waals surface area contributed by atoms with Crippen LogP contribution in [0.5, 0.6) is 0 Å². The van der Waals surface area contributed by atoms with E-state index >= 15 is 0 Å². The number of hydrogen-bond acceptors (Lipinski definition) is 4. The summed E-state index contributed by atoms with van der Waals surface area (Å²) in [5.41, 5.74) is 2.59. The molecule has 1 N–H and O–H groups in total. The second kappa shape index (κ2) is 8.05. The predicted molar refractivity (Wildman–Crippen MR) is 89.4 cm³/mol. The van der Waals surface area contributed by atoms with Gasteiger partial charge in [-0.3, -0.25) is 0 Å². The zero-order valence-corrected chi connectivity index (χ0v) is 14.4. The summed E-state index contributed by atoms with van der Waals surface area (Å²) in [6.07, 6.45) is 1.29. The summed E-state index contributed by atoms with van der Waals surface area (Å²) in [5, 5.41) is 3.29. The van der Waals surface area contributed by atoms with Crippen molar-refractivity contribution in [3.63, 3.8) is 0 Å². The van der Waals surface area contributed by atoms with Gasteiger partial charge in [-0.05, 0) is 24.1 Å². The molecule has 114 valence electrons. The van der Waals surface area contributed by atoms with E-state index in [4.69, 9.17) is 0 Å². The van der Waals surface area contributed by atoms with Gasteiger partial charge in [0.15, 0.2) is 0 Å². The Balaban J connectivity index is 2.53. The Hall–Kier alpha value is -0.520. The fraction of sp³-hybridized carbons (Fsp3) is 0.600. The molecule has 1 unspecified atom stereocenters. The van der Waals surface area contributed by atoms with E-state index in [2.05, 4.69) is 43.4 Å². The van der Waals surface area contributed by atoms with Gasteiger partial charge >= 0.3 is 0 Å². The Bertz CT molecular complexity index is 495. The molecule has 0 aliphatic rings. The minimum atomic E-state index is -2.85. The van der Waals surface area contributed by atoms with E-state index in [0.29, 0.717) is 11.7 Å². The highest BCUT2D eigenvalue weighted by Crippen LogP contribution is 2.21. The molecular formula is C15H25NO2S2. The van der Waals surface area contributed by atoms with Crippen LogP contribution in [0.1, 0.15) is 36.9 Å². The van der Waals surface area contributed by atoms with E-state index in [0.717, 1.165) is 5.75 Å². The van der Waals surface area contributed by atoms with Crippen molar-refractivity contribution < 1.29 is 8.42 Å². The van der Waals surface area contributed by atoms with Crippen molar-refractivity contribution >= 4 is 21.6 Å². The molecule has 0 heterocycles. The van der Waals surface area contributed by atoms with Crippen LogP contribution in [0.3, 0.4) is 0 Å². The standard InChI is InChI=1S/C15H25NO2S2/c1-12(2)13-5-7-14(8-6-13)15(16-3)11-19-9-10-20(4,17)18/h5-8,12,15-16H,9-11H2,1-4H3. The maximum Gasteiger partial charge on any atom is 0.148 e. The molecular weight excluding hydrogens is 290 g/mol. The lowest BCUT2D eigenvalue weighted by atomic mass is 10.00. The van der Waals surface area contributed by atoms with Crippen molar-refractivity contribution in [2.75, 3.05) is 30.6 Å². The molecule has 3 nitrogen and oxygen atoms in total. The van der Waals surface area contributed by atoms with E-state index in [1.807, 2.05) is 7.05 Å². The van der Waals surface area contributed by atoms with Gasteiger partial charge in [0.2, 0.25) is 0 Å². The Morgan fingerprint density at radius 3 is 2.15 bits per heavy atom. The Labute approximate surface area is 127 Å². The summed E-state index contributed by atoms with van der Waals surface area (Å²) in [5.74, 6) is 2.33. The molecule has 1 atom stereocenters. The molecule has 20 heavy (non-hydrogen) atoms. The Kier molecular flexibility index (Phi) is 7.06. The van der Waals surface area contributed by atoms with E-state index in [9.17, 15) is 8.42 Å². The van der Waals surface area contributed by atoms with Crippen molar-refractivity contribution in [1.29, 1.82) is 0 Å². The summed E-state index contributed by atoms with van der Waals surface area (Å²) < 4.78 is 22.2. The van der Waals surface area contributed by atoms with Crippen molar-refractivity contribution in [1.82, 2.24) is 5.32 Å². The molecule has 0 aliphatic heterocycles. The van der Waals surface area contributed by atoms with Crippen molar-refractivity contribution in [2.45, 2.75) is 25.8 Å². The van der Waals surface area contributed by atoms with Gasteiger partial charge in [-0.15, -0.1) is 0 Å². The van der Waals surface area contributed by atoms with E-state index in [1.165, 1.54) is 17.4 Å². The van der Waals surface area contributed by atoms with E-state index in [-0.39, 0.29) is 11.8 Å². The molecule has 0 saturated carbocycles. The van der Waals surface area contributed by atoms with Crippen LogP contribution in [0.2, 0.25) is 0 Å². The largest absolute Gasteiger partial charge is 0.312 e. The smallest absolute Gasteiger partial charge is 0.148 e. The minimum Gasteiger partial charge on any atom is -0.312 e. The number of nitrogens with one attached hydrogen (secondary N) is 1. The molecule has 1 aromatic carbocycles. The number of thioether (sulfide) groups is 1. The third-order valence-electron chi connectivity index (χ3n) is 3.24. The lowest BCUT2D eigenvalue weighted by Gasteiger charge is -2.17. The molecule has 0 amide bonds. The molecule has 0 saturated heterocycles. The molecule has 0 aromatic heterocycles. The van der Waals surface area contributed by atoms with Crippen molar-refractivity contribution in [3.05, 3.63) is 35.4 Å². The second-order valence-electron chi connectivity index (χ2n) is 5.37. The minimum absolute atomic E-state index is 0.250. The van der Waals surface area contributed by atoms with Crippen molar-refractivity contribution in [2.24, 2.45) is 0 Å². The van der Waals surface area contributed by atoms with Crippen LogP contribution < -0.4 is 5.32 Å². The third-order valence-corrected chi connectivity index (χ3v) is 5.50. The quantitative estimate of drug-likeness (QED) is 0.749. The highest BCUT2D eigenvalue weighted by atomic mass is 32.2. The molecule has 0 radical (unpaired) electrons. The van der Waals surface area contributed by atoms with Crippen LogP contribution >= 0.6 is 11.8 Å². The Morgan fingerprint density at radius 1 is 1.15 bits per heavy atom. The molecule has 0 aliphatic carbocycles. The average Bonchev–Trinajstić information content (AvgIpc) is 2.38. The third kappa shape index (κ3) is 6.29. The molecule has 0 bridgehead atoms. The highest BCUT2D eigenvalue weighted by Gasteiger charge is 2.10. The van der Waals surface area contributed by atoms with Gasteiger partial charge in [-0.1, -0.05) is 38.1 Å². The molecule has 5 heteroatoms. The maximum absolute atomic E-state index is 11.1. The van der Waals surface area contributed by atoms with Crippen LogP contribution in [-0.4, -0.2) is 39.0 Å². The second-order valence-corrected chi connectivity index (χ2v) is 8.78. The van der Waals surface area contributed by atoms with Crippen LogP contribution in [-0.2, 0) is 9.84 Å². The van der Waals surface area contributed by atoms with Crippen LogP contribution in [0.15, 0.2) is 24.3 Å². The van der Waals surface area contributed by atoms with Crippen molar-refractivity contribution in [3.8, 4) is 0 Å². The first-order valence-corrected chi connectivity index (χ1v) is 10.1. The first-order chi connectivity index (χ1) is 9.33. The van der Waals surface area contributed by atoms with E-state index < -0.39 is 9.84 Å². The monoisotopic (exact) mass is 315 g/mol. The fourth-order valence-electron chi connectivity index (χ4n) is 1.87. The average molecular weight is 316 g/mol. The predicted octanol–water partition coefficient (Wildman–Crippen LogP) is 2.85. The van der Waals surface area contributed by atoms with Gasteiger partial charge < -0.3 is 5.32 Å². The van der Waals surface area contributed by atoms with Crippen LogP contribution in [0, 0.1) is 0 Å². The number of hydrogen-bond donors (Lipinski definition) is 1. The molecule has 0 spiro atoms. The highest BCUT2D eigenvalue weighted by molar-refractivity contribution is 8.00. The summed E-state index contributed by atoms with van der Waals surface area (Å²) >= 11 is 1.68. The van der Waals surface area contributed by atoms with Gasteiger partial charge in [0.05, 0.1) is 5.75 Å². The zero-order valence-electron chi connectivity index (χ0n) is 12.7. The lowest BCUT2D eigenvalue weighted by Crippen LogP contribution is -2.19. The zero-order chi connectivity index (χ0) is 15.2. The first-order valence-electron chi connectivity index (χ1n) is 6.86. The van der Waals surface area contributed by atoms with Gasteiger partial charge in [-0.2, -0.15) is 11.8 Å². The number of benzene rings is 1. The first kappa shape index (κ1) is 17.5. The normalized spacial score (nSPS) is 13.7. The summed E-state index contributed by atoms with van der Waals surface area (Å²) in [6, 6.07) is 8.93. The van der Waals surface area contributed by atoms with Crippen LogP contribution in [0.25, 0.3) is 0 Å². The lowest BCUT2D eigenvalue weighted by molar-refractivity contribution is 0.603. The maximum atomic E-state index is 11.1. The van der Waals surface area contributed by atoms with E-state index in [1.54, 1.807) is 11.8 Å². The summed E-state index contributed by atoms with van der Waals surface area (Å²) in [7, 11) is -0.907. The Morgan fingerprint density at radius 2 is 1.70 bits per heavy atom. The van der Waals surface area contributed by atoms with Gasteiger partial charge in [0, 0.05) is 23.8 Å². The summed E-state index contributed by atoms with van der Waals surface area (Å²) in [6.45, 7) is 4.37. The fourth-order valence-corrected chi connectivity index (χ4v) is 4.31.